The van der Waals surface area contributed by atoms with Crippen LogP contribution in [0.1, 0.15) is 16.7 Å². The molecule has 18 heavy (non-hydrogen) atoms. The summed E-state index contributed by atoms with van der Waals surface area (Å²) in [6, 6.07) is 16.1. The van der Waals surface area contributed by atoms with Gasteiger partial charge in [-0.3, -0.25) is 5.10 Å². The zero-order chi connectivity index (χ0) is 12.4. The van der Waals surface area contributed by atoms with Crippen LogP contribution in [0.3, 0.4) is 0 Å². The molecule has 3 heteroatoms. The van der Waals surface area contributed by atoms with E-state index in [1.165, 1.54) is 5.56 Å². The van der Waals surface area contributed by atoms with E-state index in [1.807, 2.05) is 36.5 Å². The Bertz CT molecular complexity index is 735. The Hall–Kier alpha value is -2.60. The van der Waals surface area contributed by atoms with Crippen LogP contribution in [0, 0.1) is 11.3 Å². The molecule has 0 aliphatic carbocycles. The lowest BCUT2D eigenvalue weighted by molar-refractivity contribution is 1.12. The molecule has 0 fully saturated rings. The van der Waals surface area contributed by atoms with Crippen molar-refractivity contribution in [3.8, 4) is 6.07 Å². The van der Waals surface area contributed by atoms with Crippen LogP contribution in [-0.2, 0) is 6.42 Å². The molecule has 0 unspecified atom stereocenters. The minimum atomic E-state index is 0.705. The van der Waals surface area contributed by atoms with Crippen LogP contribution < -0.4 is 0 Å². The second kappa shape index (κ2) is 4.34. The third-order valence-corrected chi connectivity index (χ3v) is 2.97. The molecule has 0 aliphatic heterocycles. The lowest BCUT2D eigenvalue weighted by Crippen LogP contribution is -1.88. The summed E-state index contributed by atoms with van der Waals surface area (Å²) in [4.78, 5) is 0. The normalized spacial score (nSPS) is 10.4. The number of nitrogens with one attached hydrogen (secondary N) is 1. The van der Waals surface area contributed by atoms with E-state index in [2.05, 4.69) is 28.4 Å². The summed E-state index contributed by atoms with van der Waals surface area (Å²) < 4.78 is 0. The number of aromatic amines is 1. The first-order valence-electron chi connectivity index (χ1n) is 5.76. The Labute approximate surface area is 105 Å². The van der Waals surface area contributed by atoms with Gasteiger partial charge in [0.2, 0.25) is 0 Å². The second-order valence-corrected chi connectivity index (χ2v) is 4.28. The molecule has 1 aromatic heterocycles. The number of nitrogens with zero attached hydrogens (tertiary/aromatic N) is 2. The number of nitriles is 1. The average Bonchev–Trinajstić information content (AvgIpc) is 2.86. The highest BCUT2D eigenvalue weighted by molar-refractivity contribution is 5.78. The molecule has 0 atom stereocenters. The topological polar surface area (TPSA) is 52.5 Å². The Morgan fingerprint density at radius 3 is 2.89 bits per heavy atom. The molecule has 1 heterocycles. The van der Waals surface area contributed by atoms with E-state index >= 15 is 0 Å². The molecule has 0 bridgehead atoms. The van der Waals surface area contributed by atoms with E-state index < -0.39 is 0 Å². The number of fused-ring (bicyclic) bond motifs is 1. The molecular weight excluding hydrogens is 222 g/mol. The third-order valence-electron chi connectivity index (χ3n) is 2.97. The van der Waals surface area contributed by atoms with Crippen LogP contribution in [0.4, 0.5) is 0 Å². The van der Waals surface area contributed by atoms with Gasteiger partial charge < -0.3 is 0 Å². The van der Waals surface area contributed by atoms with Gasteiger partial charge in [-0.2, -0.15) is 10.4 Å². The first kappa shape index (κ1) is 10.5. The fourth-order valence-corrected chi connectivity index (χ4v) is 2.09. The zero-order valence-corrected chi connectivity index (χ0v) is 9.72. The highest BCUT2D eigenvalue weighted by atomic mass is 15.1. The number of hydrogen-bond donors (Lipinski definition) is 1. The largest absolute Gasteiger partial charge is 0.278 e. The summed E-state index contributed by atoms with van der Waals surface area (Å²) in [5, 5.41) is 16.9. The van der Waals surface area contributed by atoms with Gasteiger partial charge in [0.05, 0.1) is 23.3 Å². The highest BCUT2D eigenvalue weighted by Gasteiger charge is 2.01. The fourth-order valence-electron chi connectivity index (χ4n) is 2.09. The van der Waals surface area contributed by atoms with Gasteiger partial charge in [-0.1, -0.05) is 18.2 Å². The van der Waals surface area contributed by atoms with E-state index in [0.717, 1.165) is 22.9 Å². The molecule has 2 aromatic carbocycles. The van der Waals surface area contributed by atoms with E-state index in [0.29, 0.717) is 5.56 Å². The predicted molar refractivity (Wildman–Crippen MR) is 70.1 cm³/mol. The van der Waals surface area contributed by atoms with E-state index in [-0.39, 0.29) is 0 Å². The van der Waals surface area contributed by atoms with Crippen LogP contribution in [-0.4, -0.2) is 10.2 Å². The van der Waals surface area contributed by atoms with Crippen molar-refractivity contribution >= 4 is 10.9 Å². The maximum atomic E-state index is 8.88. The van der Waals surface area contributed by atoms with Crippen LogP contribution in [0.2, 0.25) is 0 Å². The Morgan fingerprint density at radius 1 is 1.11 bits per heavy atom. The molecule has 0 saturated carbocycles. The van der Waals surface area contributed by atoms with E-state index in [1.54, 1.807) is 0 Å². The minimum absolute atomic E-state index is 0.705. The standard InChI is InChI=1S/C15H11N3/c16-9-13-3-1-2-11(7-13)6-12-4-5-15-14(8-12)10-17-18-15/h1-5,7-8,10H,6H2,(H,17,18). The first-order valence-corrected chi connectivity index (χ1v) is 5.76. The summed E-state index contributed by atoms with van der Waals surface area (Å²) in [6.07, 6.45) is 2.65. The molecule has 3 nitrogen and oxygen atoms in total. The molecule has 0 amide bonds. The van der Waals surface area contributed by atoms with Crippen molar-refractivity contribution < 1.29 is 0 Å². The zero-order valence-electron chi connectivity index (χ0n) is 9.72. The fraction of sp³-hybridized carbons (Fsp3) is 0.0667. The van der Waals surface area contributed by atoms with E-state index in [4.69, 9.17) is 5.26 Å². The Morgan fingerprint density at radius 2 is 2.00 bits per heavy atom. The lowest BCUT2D eigenvalue weighted by atomic mass is 10.0. The number of rotatable bonds is 2. The van der Waals surface area contributed by atoms with Crippen molar-refractivity contribution in [1.82, 2.24) is 10.2 Å². The van der Waals surface area contributed by atoms with Crippen molar-refractivity contribution in [2.75, 3.05) is 0 Å². The Balaban J connectivity index is 1.93. The van der Waals surface area contributed by atoms with Gasteiger partial charge in [-0.05, 0) is 41.8 Å². The van der Waals surface area contributed by atoms with Crippen molar-refractivity contribution in [3.05, 3.63) is 65.4 Å². The van der Waals surface area contributed by atoms with Gasteiger partial charge in [0, 0.05) is 5.39 Å². The Kier molecular flexibility index (Phi) is 2.54. The second-order valence-electron chi connectivity index (χ2n) is 4.28. The highest BCUT2D eigenvalue weighted by Crippen LogP contribution is 2.16. The lowest BCUT2D eigenvalue weighted by Gasteiger charge is -2.02. The number of H-pyrrole nitrogens is 1. The maximum absolute atomic E-state index is 8.88. The SMILES string of the molecule is N#Cc1cccc(Cc2ccc3[nH]ncc3c2)c1. The number of benzene rings is 2. The van der Waals surface area contributed by atoms with Gasteiger partial charge in [-0.25, -0.2) is 0 Å². The third kappa shape index (κ3) is 1.96. The van der Waals surface area contributed by atoms with E-state index in [9.17, 15) is 0 Å². The van der Waals surface area contributed by atoms with Crippen LogP contribution in [0.25, 0.3) is 10.9 Å². The molecule has 0 spiro atoms. The molecule has 0 radical (unpaired) electrons. The smallest absolute Gasteiger partial charge is 0.0991 e. The van der Waals surface area contributed by atoms with Gasteiger partial charge >= 0.3 is 0 Å². The van der Waals surface area contributed by atoms with Crippen LogP contribution in [0.15, 0.2) is 48.7 Å². The van der Waals surface area contributed by atoms with Crippen molar-refractivity contribution in [1.29, 1.82) is 5.26 Å². The summed E-state index contributed by atoms with van der Waals surface area (Å²) in [5.74, 6) is 0. The quantitative estimate of drug-likeness (QED) is 0.739. The monoisotopic (exact) mass is 233 g/mol. The molecule has 3 rings (SSSR count). The summed E-state index contributed by atoms with van der Waals surface area (Å²) in [5.41, 5.74) is 4.12. The number of hydrogen-bond acceptors (Lipinski definition) is 2. The first-order chi connectivity index (χ1) is 8.85. The average molecular weight is 233 g/mol. The number of aromatic nitrogens is 2. The molecule has 86 valence electrons. The van der Waals surface area contributed by atoms with Gasteiger partial charge in [0.15, 0.2) is 0 Å². The van der Waals surface area contributed by atoms with Crippen molar-refractivity contribution in [2.24, 2.45) is 0 Å². The molecule has 1 N–H and O–H groups in total. The minimum Gasteiger partial charge on any atom is -0.278 e. The molecule has 3 aromatic rings. The van der Waals surface area contributed by atoms with Gasteiger partial charge in [0.25, 0.3) is 0 Å². The summed E-state index contributed by atoms with van der Waals surface area (Å²) in [7, 11) is 0. The summed E-state index contributed by atoms with van der Waals surface area (Å²) >= 11 is 0. The molecule has 0 saturated heterocycles. The van der Waals surface area contributed by atoms with Crippen LogP contribution in [0.5, 0.6) is 0 Å². The van der Waals surface area contributed by atoms with Crippen molar-refractivity contribution in [2.45, 2.75) is 6.42 Å². The molecule has 0 aliphatic rings. The van der Waals surface area contributed by atoms with Gasteiger partial charge in [0.1, 0.15) is 0 Å². The maximum Gasteiger partial charge on any atom is 0.0991 e. The van der Waals surface area contributed by atoms with Gasteiger partial charge in [-0.15, -0.1) is 0 Å². The van der Waals surface area contributed by atoms with Crippen molar-refractivity contribution in [3.63, 3.8) is 0 Å². The predicted octanol–water partition coefficient (Wildman–Crippen LogP) is 3.03. The van der Waals surface area contributed by atoms with Crippen LogP contribution >= 0.6 is 0 Å². The summed E-state index contributed by atoms with van der Waals surface area (Å²) in [6.45, 7) is 0. The molecular formula is C15H11N3.